The van der Waals surface area contributed by atoms with Crippen molar-refractivity contribution in [2.24, 2.45) is 11.7 Å². The first-order valence-corrected chi connectivity index (χ1v) is 6.08. The van der Waals surface area contributed by atoms with E-state index in [0.717, 1.165) is 11.3 Å². The number of pyridine rings is 1. The van der Waals surface area contributed by atoms with E-state index in [2.05, 4.69) is 17.2 Å². The van der Waals surface area contributed by atoms with E-state index in [1.54, 1.807) is 0 Å². The van der Waals surface area contributed by atoms with Crippen molar-refractivity contribution in [2.45, 2.75) is 32.9 Å². The Bertz CT molecular complexity index is 326. The van der Waals surface area contributed by atoms with Crippen molar-refractivity contribution in [3.63, 3.8) is 0 Å². The Morgan fingerprint density at radius 3 is 2.59 bits per heavy atom. The molecule has 0 saturated heterocycles. The summed E-state index contributed by atoms with van der Waals surface area (Å²) in [7, 11) is 0. The molecule has 1 heterocycles. The molecule has 3 unspecified atom stereocenters. The number of aliphatic hydroxyl groups is 1. The highest BCUT2D eigenvalue weighted by molar-refractivity contribution is 5.17. The Balaban J connectivity index is 2.68. The molecule has 0 saturated carbocycles. The minimum atomic E-state index is 0.0899. The minimum Gasteiger partial charge on any atom is -0.396 e. The summed E-state index contributed by atoms with van der Waals surface area (Å²) < 4.78 is 0. The molecule has 0 fully saturated rings. The van der Waals surface area contributed by atoms with E-state index in [9.17, 15) is 0 Å². The second kappa shape index (κ2) is 6.69. The maximum atomic E-state index is 9.11. The lowest BCUT2D eigenvalue weighted by Crippen LogP contribution is -2.39. The van der Waals surface area contributed by atoms with Crippen LogP contribution in [0.15, 0.2) is 18.3 Å². The second-order valence-electron chi connectivity index (χ2n) is 4.64. The quantitative estimate of drug-likeness (QED) is 0.690. The molecule has 0 aromatic carbocycles. The predicted octanol–water partition coefficient (Wildman–Crippen LogP) is 0.996. The molecule has 0 radical (unpaired) electrons. The van der Waals surface area contributed by atoms with E-state index < -0.39 is 0 Å². The molecular formula is C13H23N3O. The minimum absolute atomic E-state index is 0.0899. The lowest BCUT2D eigenvalue weighted by atomic mass is 10.0. The van der Waals surface area contributed by atoms with E-state index in [0.29, 0.717) is 6.54 Å². The highest BCUT2D eigenvalue weighted by atomic mass is 16.3. The number of rotatable bonds is 6. The van der Waals surface area contributed by atoms with Gasteiger partial charge in [-0.25, -0.2) is 0 Å². The van der Waals surface area contributed by atoms with E-state index in [1.807, 2.05) is 32.2 Å². The lowest BCUT2D eigenvalue weighted by molar-refractivity contribution is 0.201. The van der Waals surface area contributed by atoms with Crippen molar-refractivity contribution in [2.75, 3.05) is 13.2 Å². The van der Waals surface area contributed by atoms with Crippen LogP contribution in [0.5, 0.6) is 0 Å². The number of nitrogens with one attached hydrogen (secondary N) is 1. The van der Waals surface area contributed by atoms with Crippen molar-refractivity contribution in [1.29, 1.82) is 0 Å². The Morgan fingerprint density at radius 1 is 1.41 bits per heavy atom. The molecular weight excluding hydrogens is 214 g/mol. The van der Waals surface area contributed by atoms with Gasteiger partial charge in [0.2, 0.25) is 0 Å². The molecule has 4 N–H and O–H groups in total. The topological polar surface area (TPSA) is 71.2 Å². The summed E-state index contributed by atoms with van der Waals surface area (Å²) in [5.41, 5.74) is 7.87. The average Bonchev–Trinajstić information content (AvgIpc) is 2.35. The normalized spacial score (nSPS) is 16.5. The number of hydrogen-bond acceptors (Lipinski definition) is 4. The number of aliphatic hydroxyl groups excluding tert-OH is 1. The highest BCUT2D eigenvalue weighted by Gasteiger charge is 2.17. The summed E-state index contributed by atoms with van der Waals surface area (Å²) in [4.78, 5) is 4.28. The Hall–Kier alpha value is -0.970. The summed E-state index contributed by atoms with van der Waals surface area (Å²) in [6.07, 6.45) is 1.86. The van der Waals surface area contributed by atoms with Gasteiger partial charge in [0.1, 0.15) is 0 Å². The molecule has 4 heteroatoms. The van der Waals surface area contributed by atoms with Crippen LogP contribution in [-0.4, -0.2) is 29.3 Å². The molecule has 17 heavy (non-hydrogen) atoms. The van der Waals surface area contributed by atoms with E-state index >= 15 is 0 Å². The van der Waals surface area contributed by atoms with Crippen molar-refractivity contribution < 1.29 is 5.11 Å². The summed E-state index contributed by atoms with van der Waals surface area (Å²) in [6.45, 7) is 6.74. The largest absolute Gasteiger partial charge is 0.396 e. The third-order valence-corrected chi connectivity index (χ3v) is 3.18. The van der Waals surface area contributed by atoms with Crippen LogP contribution < -0.4 is 11.1 Å². The molecule has 1 aromatic heterocycles. The summed E-state index contributed by atoms with van der Waals surface area (Å²) >= 11 is 0. The fraction of sp³-hybridized carbons (Fsp3) is 0.615. The van der Waals surface area contributed by atoms with E-state index in [4.69, 9.17) is 10.8 Å². The summed E-state index contributed by atoms with van der Waals surface area (Å²) in [5.74, 6) is 0.211. The maximum absolute atomic E-state index is 9.11. The van der Waals surface area contributed by atoms with Gasteiger partial charge in [-0.05, 0) is 31.4 Å². The van der Waals surface area contributed by atoms with Crippen molar-refractivity contribution in [1.82, 2.24) is 10.3 Å². The molecule has 0 aliphatic heterocycles. The fourth-order valence-corrected chi connectivity index (χ4v) is 1.63. The summed E-state index contributed by atoms with van der Waals surface area (Å²) in [5, 5.41) is 12.5. The Kier molecular flexibility index (Phi) is 5.55. The van der Waals surface area contributed by atoms with Gasteiger partial charge in [0, 0.05) is 37.1 Å². The van der Waals surface area contributed by atoms with Gasteiger partial charge in [-0.2, -0.15) is 0 Å². The molecule has 0 aliphatic rings. The Labute approximate surface area is 103 Å². The van der Waals surface area contributed by atoms with Crippen LogP contribution in [0.25, 0.3) is 0 Å². The van der Waals surface area contributed by atoms with Gasteiger partial charge < -0.3 is 16.2 Å². The van der Waals surface area contributed by atoms with Gasteiger partial charge in [0.25, 0.3) is 0 Å². The highest BCUT2D eigenvalue weighted by Crippen LogP contribution is 2.14. The van der Waals surface area contributed by atoms with Crippen LogP contribution in [-0.2, 0) is 0 Å². The van der Waals surface area contributed by atoms with Crippen molar-refractivity contribution in [3.8, 4) is 0 Å². The smallest absolute Gasteiger partial charge is 0.0471 e. The first kappa shape index (κ1) is 14.1. The monoisotopic (exact) mass is 237 g/mol. The molecule has 0 aliphatic carbocycles. The van der Waals surface area contributed by atoms with Crippen molar-refractivity contribution in [3.05, 3.63) is 29.6 Å². The maximum Gasteiger partial charge on any atom is 0.0471 e. The molecule has 3 atom stereocenters. The predicted molar refractivity (Wildman–Crippen MR) is 69.6 cm³/mol. The van der Waals surface area contributed by atoms with E-state index in [1.165, 1.54) is 0 Å². The Morgan fingerprint density at radius 2 is 2.12 bits per heavy atom. The number of nitrogens with two attached hydrogens (primary N) is 1. The zero-order chi connectivity index (χ0) is 12.8. The van der Waals surface area contributed by atoms with Crippen molar-refractivity contribution >= 4 is 0 Å². The van der Waals surface area contributed by atoms with Gasteiger partial charge in [-0.3, -0.25) is 4.98 Å². The molecule has 96 valence electrons. The molecule has 0 spiro atoms. The molecule has 4 nitrogen and oxygen atoms in total. The second-order valence-corrected chi connectivity index (χ2v) is 4.64. The van der Waals surface area contributed by atoms with Crippen LogP contribution >= 0.6 is 0 Å². The zero-order valence-electron chi connectivity index (χ0n) is 10.9. The standard InChI is InChI=1S/C13H23N3O/c1-9(8-17)11(3)16-13(6-14)12-5-4-10(2)15-7-12/h4-5,7,9,11,13,16-17H,6,8,14H2,1-3H3. The van der Waals surface area contributed by atoms with Crippen LogP contribution in [0.2, 0.25) is 0 Å². The third-order valence-electron chi connectivity index (χ3n) is 3.18. The lowest BCUT2D eigenvalue weighted by Gasteiger charge is -2.25. The molecule has 1 aromatic rings. The zero-order valence-corrected chi connectivity index (χ0v) is 10.9. The van der Waals surface area contributed by atoms with Crippen LogP contribution in [0, 0.1) is 12.8 Å². The number of aromatic nitrogens is 1. The number of hydrogen-bond donors (Lipinski definition) is 3. The van der Waals surface area contributed by atoms with Gasteiger partial charge >= 0.3 is 0 Å². The SMILES string of the molecule is Cc1ccc(C(CN)NC(C)C(C)CO)cn1. The van der Waals surface area contributed by atoms with E-state index in [-0.39, 0.29) is 24.6 Å². The summed E-state index contributed by atoms with van der Waals surface area (Å²) in [6, 6.07) is 4.34. The fourth-order valence-electron chi connectivity index (χ4n) is 1.63. The molecule has 0 bridgehead atoms. The number of aryl methyl sites for hydroxylation is 1. The first-order chi connectivity index (χ1) is 8.08. The van der Waals surface area contributed by atoms with Crippen LogP contribution in [0.1, 0.15) is 31.1 Å². The molecule has 1 rings (SSSR count). The number of nitrogens with zero attached hydrogens (tertiary/aromatic N) is 1. The van der Waals surface area contributed by atoms with Gasteiger partial charge in [-0.1, -0.05) is 13.0 Å². The van der Waals surface area contributed by atoms with Crippen LogP contribution in [0.4, 0.5) is 0 Å². The van der Waals surface area contributed by atoms with Gasteiger partial charge in [-0.15, -0.1) is 0 Å². The van der Waals surface area contributed by atoms with Gasteiger partial charge in [0.15, 0.2) is 0 Å². The average molecular weight is 237 g/mol. The van der Waals surface area contributed by atoms with Crippen LogP contribution in [0.3, 0.4) is 0 Å². The first-order valence-electron chi connectivity index (χ1n) is 6.08. The molecule has 0 amide bonds. The third kappa shape index (κ3) is 4.07. The van der Waals surface area contributed by atoms with Gasteiger partial charge in [0.05, 0.1) is 0 Å².